The van der Waals surface area contributed by atoms with Crippen LogP contribution in [0.3, 0.4) is 0 Å². The molecule has 1 aliphatic rings. The van der Waals surface area contributed by atoms with Gasteiger partial charge in [-0.25, -0.2) is 4.79 Å². The van der Waals surface area contributed by atoms with Gasteiger partial charge < -0.3 is 10.4 Å². The fraction of sp³-hybridized carbons (Fsp3) is 0.500. The molecule has 0 bridgehead atoms. The molecule has 0 aliphatic heterocycles. The van der Waals surface area contributed by atoms with E-state index in [1.54, 1.807) is 0 Å². The monoisotopic (exact) mass is 233 g/mol. The minimum atomic E-state index is -0.768. The molecule has 3 nitrogen and oxygen atoms in total. The summed E-state index contributed by atoms with van der Waals surface area (Å²) >= 11 is 0. The Balaban J connectivity index is 2.26. The van der Waals surface area contributed by atoms with E-state index in [1.165, 1.54) is 0 Å². The maximum absolute atomic E-state index is 11.6. The van der Waals surface area contributed by atoms with Crippen LogP contribution in [-0.4, -0.2) is 16.6 Å². The Kier molecular flexibility index (Phi) is 3.36. The normalized spacial score (nSPS) is 27.9. The van der Waals surface area contributed by atoms with Crippen LogP contribution in [0.1, 0.15) is 32.6 Å². The number of nitrogens with one attached hydrogen (secondary N) is 1. The molecule has 3 heteroatoms. The quantitative estimate of drug-likeness (QED) is 0.840. The van der Waals surface area contributed by atoms with Crippen molar-refractivity contribution in [3.8, 4) is 0 Å². The molecule has 0 heterocycles. The third-order valence-corrected chi connectivity index (χ3v) is 3.84. The molecule has 0 amide bonds. The summed E-state index contributed by atoms with van der Waals surface area (Å²) in [7, 11) is 0. The van der Waals surface area contributed by atoms with Crippen molar-refractivity contribution in [1.29, 1.82) is 0 Å². The van der Waals surface area contributed by atoms with Crippen molar-refractivity contribution in [2.45, 2.75) is 38.1 Å². The van der Waals surface area contributed by atoms with Crippen LogP contribution in [0.2, 0.25) is 0 Å². The van der Waals surface area contributed by atoms with Crippen LogP contribution in [0.25, 0.3) is 0 Å². The highest BCUT2D eigenvalue weighted by atomic mass is 16.4. The van der Waals surface area contributed by atoms with Crippen LogP contribution >= 0.6 is 0 Å². The molecular weight excluding hydrogens is 214 g/mol. The number of para-hydroxylation sites is 1. The van der Waals surface area contributed by atoms with Gasteiger partial charge in [0.05, 0.1) is 0 Å². The summed E-state index contributed by atoms with van der Waals surface area (Å²) < 4.78 is 0. The second kappa shape index (κ2) is 4.78. The number of hydrogen-bond donors (Lipinski definition) is 2. The van der Waals surface area contributed by atoms with Crippen molar-refractivity contribution in [2.24, 2.45) is 5.92 Å². The van der Waals surface area contributed by atoms with Crippen molar-refractivity contribution in [1.82, 2.24) is 0 Å². The van der Waals surface area contributed by atoms with Crippen molar-refractivity contribution in [3.05, 3.63) is 30.3 Å². The molecule has 2 rings (SSSR count). The Morgan fingerprint density at radius 2 is 2.18 bits per heavy atom. The molecule has 92 valence electrons. The van der Waals surface area contributed by atoms with Crippen LogP contribution in [0.5, 0.6) is 0 Å². The van der Waals surface area contributed by atoms with Gasteiger partial charge in [-0.1, -0.05) is 38.0 Å². The molecule has 2 unspecified atom stereocenters. The van der Waals surface area contributed by atoms with E-state index in [0.29, 0.717) is 0 Å². The first-order valence-corrected chi connectivity index (χ1v) is 6.25. The zero-order chi connectivity index (χ0) is 12.3. The Hall–Kier alpha value is -1.51. The van der Waals surface area contributed by atoms with Crippen molar-refractivity contribution in [3.63, 3.8) is 0 Å². The predicted octanol–water partition coefficient (Wildman–Crippen LogP) is 3.13. The number of carbonyl (C=O) groups is 1. The van der Waals surface area contributed by atoms with E-state index in [0.717, 1.165) is 31.4 Å². The minimum absolute atomic E-state index is 0.222. The molecule has 2 N–H and O–H groups in total. The lowest BCUT2D eigenvalue weighted by Crippen LogP contribution is -2.49. The maximum atomic E-state index is 11.6. The lowest BCUT2D eigenvalue weighted by molar-refractivity contribution is -0.143. The average Bonchev–Trinajstić information content (AvgIpc) is 2.74. The van der Waals surface area contributed by atoms with Gasteiger partial charge in [0.2, 0.25) is 0 Å². The van der Waals surface area contributed by atoms with Gasteiger partial charge in [0.1, 0.15) is 5.54 Å². The smallest absolute Gasteiger partial charge is 0.329 e. The van der Waals surface area contributed by atoms with Gasteiger partial charge in [0.25, 0.3) is 0 Å². The highest BCUT2D eigenvalue weighted by Crippen LogP contribution is 2.40. The largest absolute Gasteiger partial charge is 0.479 e. The number of hydrogen-bond acceptors (Lipinski definition) is 2. The molecule has 1 aromatic rings. The van der Waals surface area contributed by atoms with Crippen LogP contribution in [0.15, 0.2) is 30.3 Å². The van der Waals surface area contributed by atoms with E-state index in [9.17, 15) is 9.90 Å². The van der Waals surface area contributed by atoms with Crippen LogP contribution in [0.4, 0.5) is 5.69 Å². The highest BCUT2D eigenvalue weighted by Gasteiger charge is 2.48. The molecular formula is C14H19NO2. The third-order valence-electron chi connectivity index (χ3n) is 3.84. The van der Waals surface area contributed by atoms with Gasteiger partial charge in [0, 0.05) is 5.69 Å². The zero-order valence-electron chi connectivity index (χ0n) is 10.1. The third kappa shape index (κ3) is 2.14. The summed E-state index contributed by atoms with van der Waals surface area (Å²) in [5.74, 6) is -0.495. The SMILES string of the molecule is CCC1CCCC1(Nc1ccccc1)C(=O)O. The number of carboxylic acid groups (broad SMARTS) is 1. The van der Waals surface area contributed by atoms with Gasteiger partial charge in [0.15, 0.2) is 0 Å². The molecule has 1 aromatic carbocycles. The second-order valence-corrected chi connectivity index (χ2v) is 4.76. The zero-order valence-corrected chi connectivity index (χ0v) is 10.1. The molecule has 1 aliphatic carbocycles. The predicted molar refractivity (Wildman–Crippen MR) is 68.1 cm³/mol. The number of rotatable bonds is 4. The van der Waals surface area contributed by atoms with E-state index < -0.39 is 11.5 Å². The topological polar surface area (TPSA) is 49.3 Å². The molecule has 1 saturated carbocycles. The maximum Gasteiger partial charge on any atom is 0.329 e. The standard InChI is InChI=1S/C14H19NO2/c1-2-11-7-6-10-14(11,13(16)17)15-12-8-4-3-5-9-12/h3-5,8-9,11,15H,2,6-7,10H2,1H3,(H,16,17). The molecule has 0 aromatic heterocycles. The molecule has 0 radical (unpaired) electrons. The summed E-state index contributed by atoms with van der Waals surface area (Å²) in [5, 5.41) is 12.8. The Bertz CT molecular complexity index is 390. The van der Waals surface area contributed by atoms with Gasteiger partial charge >= 0.3 is 5.97 Å². The second-order valence-electron chi connectivity index (χ2n) is 4.76. The van der Waals surface area contributed by atoms with Crippen LogP contribution in [-0.2, 0) is 4.79 Å². The molecule has 1 fully saturated rings. The van der Waals surface area contributed by atoms with E-state index in [2.05, 4.69) is 12.2 Å². The number of aliphatic carboxylic acids is 1. The van der Waals surface area contributed by atoms with Gasteiger partial charge in [-0.05, 0) is 30.9 Å². The number of carboxylic acids is 1. The molecule has 2 atom stereocenters. The molecule has 17 heavy (non-hydrogen) atoms. The van der Waals surface area contributed by atoms with E-state index in [1.807, 2.05) is 30.3 Å². The minimum Gasteiger partial charge on any atom is -0.479 e. The van der Waals surface area contributed by atoms with E-state index in [-0.39, 0.29) is 5.92 Å². The summed E-state index contributed by atoms with van der Waals surface area (Å²) in [5.41, 5.74) is 0.131. The van der Waals surface area contributed by atoms with Gasteiger partial charge in [-0.15, -0.1) is 0 Å². The van der Waals surface area contributed by atoms with Crippen molar-refractivity contribution >= 4 is 11.7 Å². The van der Waals surface area contributed by atoms with Gasteiger partial charge in [-0.3, -0.25) is 0 Å². The van der Waals surface area contributed by atoms with Crippen molar-refractivity contribution in [2.75, 3.05) is 5.32 Å². The molecule has 0 saturated heterocycles. The lowest BCUT2D eigenvalue weighted by atomic mass is 9.85. The van der Waals surface area contributed by atoms with Crippen molar-refractivity contribution < 1.29 is 9.90 Å². The van der Waals surface area contributed by atoms with E-state index >= 15 is 0 Å². The highest BCUT2D eigenvalue weighted by molar-refractivity contribution is 5.83. The first-order valence-electron chi connectivity index (χ1n) is 6.25. The summed E-state index contributed by atoms with van der Waals surface area (Å²) in [6.45, 7) is 2.07. The Morgan fingerprint density at radius 1 is 1.47 bits per heavy atom. The van der Waals surface area contributed by atoms with Gasteiger partial charge in [-0.2, -0.15) is 0 Å². The summed E-state index contributed by atoms with van der Waals surface area (Å²) in [6.07, 6.45) is 3.62. The first kappa shape index (κ1) is 12.0. The average molecular weight is 233 g/mol. The number of anilines is 1. The van der Waals surface area contributed by atoms with Crippen LogP contribution in [0, 0.1) is 5.92 Å². The fourth-order valence-electron chi connectivity index (χ4n) is 2.91. The summed E-state index contributed by atoms with van der Waals surface area (Å²) in [4.78, 5) is 11.6. The fourth-order valence-corrected chi connectivity index (χ4v) is 2.91. The van der Waals surface area contributed by atoms with Crippen LogP contribution < -0.4 is 5.32 Å². The number of benzene rings is 1. The Morgan fingerprint density at radius 3 is 2.76 bits per heavy atom. The Labute approximate surface area is 102 Å². The lowest BCUT2D eigenvalue weighted by Gasteiger charge is -2.32. The summed E-state index contributed by atoms with van der Waals surface area (Å²) in [6, 6.07) is 9.64. The molecule has 0 spiro atoms. The van der Waals surface area contributed by atoms with E-state index in [4.69, 9.17) is 0 Å². The first-order chi connectivity index (χ1) is 8.19.